The minimum Gasteiger partial charge on any atom is -0.497 e. The zero-order valence-electron chi connectivity index (χ0n) is 23.1. The molecule has 9 nitrogen and oxygen atoms in total. The van der Waals surface area contributed by atoms with Gasteiger partial charge in [-0.05, 0) is 60.5 Å². The predicted molar refractivity (Wildman–Crippen MR) is 161 cm³/mol. The highest BCUT2D eigenvalue weighted by Crippen LogP contribution is 2.42. The van der Waals surface area contributed by atoms with E-state index in [1.54, 1.807) is 86.8 Å². The number of hydrogen-bond donors (Lipinski definition) is 1. The normalized spacial score (nSPS) is 15.4. The third-order valence-corrected chi connectivity index (χ3v) is 9.82. The van der Waals surface area contributed by atoms with Crippen molar-refractivity contribution in [3.8, 4) is 11.5 Å². The molecule has 0 saturated carbocycles. The highest BCUT2D eigenvalue weighted by molar-refractivity contribution is 7.95. The van der Waals surface area contributed by atoms with E-state index in [1.165, 1.54) is 19.2 Å². The van der Waals surface area contributed by atoms with Crippen molar-refractivity contribution in [1.82, 2.24) is 4.57 Å². The van der Waals surface area contributed by atoms with Crippen LogP contribution in [0.3, 0.4) is 0 Å². The number of aromatic nitrogens is 1. The third-order valence-electron chi connectivity index (χ3n) is 6.80. The molecule has 11 heteroatoms. The lowest BCUT2D eigenvalue weighted by Gasteiger charge is -2.28. The molecule has 4 aromatic rings. The quantitative estimate of drug-likeness (QED) is 0.304. The van der Waals surface area contributed by atoms with E-state index in [0.29, 0.717) is 22.6 Å². The number of ether oxygens (including phenoxy) is 3. The Morgan fingerprint density at radius 3 is 2.12 bits per heavy atom. The molecular weight excluding hydrogens is 576 g/mol. The van der Waals surface area contributed by atoms with E-state index in [1.807, 2.05) is 0 Å². The first-order valence-electron chi connectivity index (χ1n) is 12.9. The molecule has 0 fully saturated rings. The number of esters is 1. The van der Waals surface area contributed by atoms with E-state index in [9.17, 15) is 18.0 Å². The Kier molecular flexibility index (Phi) is 8.06. The van der Waals surface area contributed by atoms with Crippen LogP contribution in [0.5, 0.6) is 11.5 Å². The predicted octanol–water partition coefficient (Wildman–Crippen LogP) is 2.83. The fourth-order valence-electron chi connectivity index (χ4n) is 4.79. The van der Waals surface area contributed by atoms with Crippen LogP contribution >= 0.6 is 11.3 Å². The summed E-state index contributed by atoms with van der Waals surface area (Å²) in [6.07, 6.45) is 1.65. The smallest absolute Gasteiger partial charge is 0.338 e. The fraction of sp³-hybridized carbons (Fsp3) is 0.161. The molecule has 3 aromatic carbocycles. The topological polar surface area (TPSA) is 127 Å². The van der Waals surface area contributed by atoms with Gasteiger partial charge >= 0.3 is 5.97 Å². The molecule has 1 aliphatic heterocycles. The summed E-state index contributed by atoms with van der Waals surface area (Å²) in [5.74, 6) is -0.999. The Bertz CT molecular complexity index is 1960. The molecule has 2 N–H and O–H groups in total. The Morgan fingerprint density at radius 2 is 1.55 bits per heavy atom. The zero-order valence-corrected chi connectivity index (χ0v) is 24.7. The van der Waals surface area contributed by atoms with Crippen LogP contribution in [0.25, 0.3) is 17.5 Å². The number of nitrogens with two attached hydrogens (primary N) is 1. The number of allylic oxidation sites excluding steroid dienone is 1. The molecule has 1 atom stereocenters. The van der Waals surface area contributed by atoms with Crippen LogP contribution in [0.15, 0.2) is 93.5 Å². The monoisotopic (exact) mass is 604 g/mol. The zero-order chi connectivity index (χ0) is 30.0. The van der Waals surface area contributed by atoms with Crippen LogP contribution in [-0.2, 0) is 19.4 Å². The summed E-state index contributed by atoms with van der Waals surface area (Å²) in [4.78, 5) is 27.2. The van der Waals surface area contributed by atoms with Crippen molar-refractivity contribution < 1.29 is 27.4 Å². The standard InChI is InChI=1S/C31H28N2O7S2/c1-4-40-31(35)26-25(20-12-16-22(39-3)17-13-20)27(42(36,37)23-8-6-5-7-9-23)28(32)33-29(34)24(41-30(26)33)18-19-10-14-21(38-2)15-11-19/h5-18,25H,4,32H2,1-3H3/t25-/m1/s1. The van der Waals surface area contributed by atoms with Crippen molar-refractivity contribution in [2.75, 3.05) is 20.8 Å². The van der Waals surface area contributed by atoms with E-state index >= 15 is 0 Å². The number of nitrogens with zero attached hydrogens (tertiary/aromatic N) is 1. The second-order valence-electron chi connectivity index (χ2n) is 9.24. The summed E-state index contributed by atoms with van der Waals surface area (Å²) in [6.45, 7) is 1.69. The van der Waals surface area contributed by atoms with Gasteiger partial charge in [-0.3, -0.25) is 9.36 Å². The Hall–Kier alpha value is -4.61. The van der Waals surface area contributed by atoms with Crippen molar-refractivity contribution in [3.63, 3.8) is 0 Å². The fourth-order valence-corrected chi connectivity index (χ4v) is 7.66. The van der Waals surface area contributed by atoms with Crippen molar-refractivity contribution >= 4 is 44.6 Å². The van der Waals surface area contributed by atoms with Crippen molar-refractivity contribution in [1.29, 1.82) is 0 Å². The maximum absolute atomic E-state index is 14.3. The summed E-state index contributed by atoms with van der Waals surface area (Å²) in [5, 5.41) is 0. The maximum atomic E-state index is 14.3. The van der Waals surface area contributed by atoms with Gasteiger partial charge in [0.05, 0.1) is 41.7 Å². The first kappa shape index (κ1) is 28.9. The molecule has 0 aliphatic carbocycles. The average molecular weight is 605 g/mol. The number of sulfone groups is 1. The summed E-state index contributed by atoms with van der Waals surface area (Å²) < 4.78 is 46.0. The molecular formula is C31H28N2O7S2. The lowest BCUT2D eigenvalue weighted by atomic mass is 9.89. The van der Waals surface area contributed by atoms with Crippen LogP contribution in [-0.4, -0.2) is 39.8 Å². The highest BCUT2D eigenvalue weighted by Gasteiger charge is 2.42. The second-order valence-corrected chi connectivity index (χ2v) is 12.2. The Labute approximate surface area is 246 Å². The number of benzene rings is 3. The van der Waals surface area contributed by atoms with Gasteiger partial charge in [-0.15, -0.1) is 11.3 Å². The molecule has 5 rings (SSSR count). The number of carbonyl (C=O) groups is 1. The summed E-state index contributed by atoms with van der Waals surface area (Å²) >= 11 is 1.04. The SMILES string of the molecule is CCOC(=O)C1=c2sc(=Cc3ccc(OC)cc3)c(=O)n2C(N)=C(S(=O)(=O)c2ccccc2)[C@@H]1c1ccc(OC)cc1. The first-order valence-corrected chi connectivity index (χ1v) is 15.2. The summed E-state index contributed by atoms with van der Waals surface area (Å²) in [7, 11) is -1.24. The van der Waals surface area contributed by atoms with Gasteiger partial charge in [0.2, 0.25) is 9.84 Å². The van der Waals surface area contributed by atoms with Gasteiger partial charge in [-0.2, -0.15) is 0 Å². The number of thiazole rings is 1. The highest BCUT2D eigenvalue weighted by atomic mass is 32.2. The van der Waals surface area contributed by atoms with E-state index in [2.05, 4.69) is 0 Å². The van der Waals surface area contributed by atoms with Gasteiger partial charge < -0.3 is 19.9 Å². The van der Waals surface area contributed by atoms with E-state index in [-0.39, 0.29) is 37.0 Å². The Morgan fingerprint density at radius 1 is 0.952 bits per heavy atom. The first-order chi connectivity index (χ1) is 20.2. The molecule has 42 heavy (non-hydrogen) atoms. The molecule has 0 saturated heterocycles. The van der Waals surface area contributed by atoms with Crippen LogP contribution in [0, 0.1) is 0 Å². The number of fused-ring (bicyclic) bond motifs is 1. The largest absolute Gasteiger partial charge is 0.497 e. The van der Waals surface area contributed by atoms with Crippen LogP contribution < -0.4 is 30.0 Å². The molecule has 216 valence electrons. The summed E-state index contributed by atoms with van der Waals surface area (Å²) in [6, 6.07) is 21.5. The second kappa shape index (κ2) is 11.7. The lowest BCUT2D eigenvalue weighted by molar-refractivity contribution is -0.136. The van der Waals surface area contributed by atoms with E-state index in [0.717, 1.165) is 15.9 Å². The number of rotatable bonds is 8. The lowest BCUT2D eigenvalue weighted by Crippen LogP contribution is -2.41. The van der Waals surface area contributed by atoms with E-state index in [4.69, 9.17) is 19.9 Å². The molecule has 1 aliphatic rings. The Balaban J connectivity index is 1.89. The number of methoxy groups -OCH3 is 2. The van der Waals surface area contributed by atoms with Gasteiger partial charge in [-0.1, -0.05) is 42.5 Å². The van der Waals surface area contributed by atoms with Crippen LogP contribution in [0.1, 0.15) is 24.0 Å². The van der Waals surface area contributed by atoms with Crippen LogP contribution in [0.4, 0.5) is 0 Å². The van der Waals surface area contributed by atoms with Gasteiger partial charge in [0.25, 0.3) is 5.56 Å². The number of hydrogen-bond acceptors (Lipinski definition) is 9. The number of carbonyl (C=O) groups excluding carboxylic acids is 1. The van der Waals surface area contributed by atoms with Crippen molar-refractivity contribution in [2.45, 2.75) is 17.7 Å². The maximum Gasteiger partial charge on any atom is 0.338 e. The van der Waals surface area contributed by atoms with Gasteiger partial charge in [0.1, 0.15) is 26.9 Å². The minimum atomic E-state index is -4.31. The van der Waals surface area contributed by atoms with Crippen LogP contribution in [0.2, 0.25) is 0 Å². The summed E-state index contributed by atoms with van der Waals surface area (Å²) in [5.41, 5.74) is 7.24. The molecule has 0 unspecified atom stereocenters. The van der Waals surface area contributed by atoms with Gasteiger partial charge in [0.15, 0.2) is 0 Å². The molecule has 0 radical (unpaired) electrons. The van der Waals surface area contributed by atoms with Gasteiger partial charge in [0, 0.05) is 0 Å². The molecule has 0 bridgehead atoms. The van der Waals surface area contributed by atoms with Crippen molar-refractivity contribution in [2.24, 2.45) is 5.73 Å². The minimum absolute atomic E-state index is 0.00204. The molecule has 0 amide bonds. The third kappa shape index (κ3) is 5.12. The molecule has 2 heterocycles. The molecule has 0 spiro atoms. The van der Waals surface area contributed by atoms with E-state index < -0.39 is 27.3 Å². The molecule has 1 aromatic heterocycles. The van der Waals surface area contributed by atoms with Crippen molar-refractivity contribution in [3.05, 3.63) is 114 Å². The average Bonchev–Trinajstić information content (AvgIpc) is 3.33. The van der Waals surface area contributed by atoms with Gasteiger partial charge in [-0.25, -0.2) is 13.2 Å².